The van der Waals surface area contributed by atoms with Crippen LogP contribution >= 0.6 is 0 Å². The largest absolute Gasteiger partial charge is 0.370 e. The summed E-state index contributed by atoms with van der Waals surface area (Å²) in [5, 5.41) is 0. The number of nitrogens with two attached hydrogens (primary N) is 2. The highest BCUT2D eigenvalue weighted by atomic mass is 15.0. The van der Waals surface area contributed by atoms with Crippen molar-refractivity contribution in [1.82, 2.24) is 0 Å². The van der Waals surface area contributed by atoms with Crippen molar-refractivity contribution in [3.63, 3.8) is 0 Å². The summed E-state index contributed by atoms with van der Waals surface area (Å²) in [6.45, 7) is 5.02. The Bertz CT molecular complexity index is 313. The van der Waals surface area contributed by atoms with E-state index in [4.69, 9.17) is 11.5 Å². The van der Waals surface area contributed by atoms with Crippen LogP contribution in [0, 0.1) is 5.92 Å². The maximum Gasteiger partial charge on any atom is 0.185 e. The van der Waals surface area contributed by atoms with Crippen molar-refractivity contribution < 1.29 is 0 Å². The van der Waals surface area contributed by atoms with Crippen LogP contribution in [0.2, 0.25) is 0 Å². The maximum atomic E-state index is 5.35. The Morgan fingerprint density at radius 3 is 2.27 bits per heavy atom. The van der Waals surface area contributed by atoms with Gasteiger partial charge in [-0.05, 0) is 11.5 Å². The fraction of sp³-hybridized carbons (Fsp3) is 0.417. The minimum Gasteiger partial charge on any atom is -0.370 e. The van der Waals surface area contributed by atoms with E-state index in [0.29, 0.717) is 18.4 Å². The van der Waals surface area contributed by atoms with Gasteiger partial charge in [0.1, 0.15) is 0 Å². The number of hydrogen-bond acceptors (Lipinski definition) is 1. The van der Waals surface area contributed by atoms with E-state index in [9.17, 15) is 0 Å². The van der Waals surface area contributed by atoms with Gasteiger partial charge in [0, 0.05) is 12.5 Å². The Morgan fingerprint density at radius 1 is 1.20 bits per heavy atom. The number of hydrogen-bond donors (Lipinski definition) is 2. The molecule has 0 heterocycles. The lowest BCUT2D eigenvalue weighted by atomic mass is 9.88. The molecule has 1 rings (SSSR count). The van der Waals surface area contributed by atoms with E-state index in [1.807, 2.05) is 18.2 Å². The quantitative estimate of drug-likeness (QED) is 0.580. The van der Waals surface area contributed by atoms with Crippen LogP contribution in [0.5, 0.6) is 0 Å². The number of aliphatic imine (C=N–C) groups is 1. The Labute approximate surface area is 91.2 Å². The van der Waals surface area contributed by atoms with Crippen molar-refractivity contribution in [2.45, 2.75) is 19.8 Å². The van der Waals surface area contributed by atoms with Gasteiger partial charge in [0.05, 0.1) is 0 Å². The SMILES string of the molecule is CC(C)[C@H](CN=C(N)N)c1ccccc1. The number of rotatable bonds is 4. The molecule has 0 bridgehead atoms. The first-order valence-corrected chi connectivity index (χ1v) is 5.21. The molecule has 3 nitrogen and oxygen atoms in total. The van der Waals surface area contributed by atoms with Crippen LogP contribution in [0.3, 0.4) is 0 Å². The van der Waals surface area contributed by atoms with Crippen molar-refractivity contribution in [2.75, 3.05) is 6.54 Å². The van der Waals surface area contributed by atoms with Crippen molar-refractivity contribution in [3.8, 4) is 0 Å². The summed E-state index contributed by atoms with van der Waals surface area (Å²) in [4.78, 5) is 4.09. The standard InChI is InChI=1S/C12H19N3/c1-9(2)11(8-15-12(13)14)10-6-4-3-5-7-10/h3-7,9,11H,8H2,1-2H3,(H4,13,14,15)/t11-/m0/s1. The van der Waals surface area contributed by atoms with Crippen LogP contribution in [-0.2, 0) is 0 Å². The zero-order valence-electron chi connectivity index (χ0n) is 9.35. The molecule has 0 saturated carbocycles. The average Bonchev–Trinajstić information content (AvgIpc) is 2.18. The first-order chi connectivity index (χ1) is 7.11. The lowest BCUT2D eigenvalue weighted by Crippen LogP contribution is -2.24. The zero-order valence-corrected chi connectivity index (χ0v) is 9.35. The highest BCUT2D eigenvalue weighted by Gasteiger charge is 2.14. The van der Waals surface area contributed by atoms with E-state index < -0.39 is 0 Å². The molecule has 0 aliphatic carbocycles. The third-order valence-electron chi connectivity index (χ3n) is 2.50. The average molecular weight is 205 g/mol. The third kappa shape index (κ3) is 3.62. The van der Waals surface area contributed by atoms with Crippen LogP contribution in [0.1, 0.15) is 25.3 Å². The monoisotopic (exact) mass is 205 g/mol. The molecule has 0 spiro atoms. The molecule has 1 aromatic carbocycles. The highest BCUT2D eigenvalue weighted by Crippen LogP contribution is 2.24. The van der Waals surface area contributed by atoms with Crippen LogP contribution < -0.4 is 11.5 Å². The van der Waals surface area contributed by atoms with Crippen LogP contribution in [0.15, 0.2) is 35.3 Å². The Balaban J connectivity index is 2.80. The summed E-state index contributed by atoms with van der Waals surface area (Å²) in [5.74, 6) is 1.07. The molecule has 0 amide bonds. The summed E-state index contributed by atoms with van der Waals surface area (Å²) < 4.78 is 0. The van der Waals surface area contributed by atoms with Gasteiger partial charge in [0.25, 0.3) is 0 Å². The minimum atomic E-state index is 0.164. The van der Waals surface area contributed by atoms with Gasteiger partial charge in [-0.3, -0.25) is 4.99 Å². The summed E-state index contributed by atoms with van der Waals surface area (Å²) in [5.41, 5.74) is 12.0. The zero-order chi connectivity index (χ0) is 11.3. The van der Waals surface area contributed by atoms with Crippen molar-refractivity contribution in [1.29, 1.82) is 0 Å². The summed E-state index contributed by atoms with van der Waals surface area (Å²) in [6.07, 6.45) is 0. The van der Waals surface area contributed by atoms with E-state index in [2.05, 4.69) is 31.0 Å². The molecule has 3 heteroatoms. The van der Waals surface area contributed by atoms with Crippen LogP contribution in [-0.4, -0.2) is 12.5 Å². The summed E-state index contributed by atoms with van der Waals surface area (Å²) >= 11 is 0. The molecule has 0 fully saturated rings. The molecule has 0 radical (unpaired) electrons. The fourth-order valence-electron chi connectivity index (χ4n) is 1.61. The molecular weight excluding hydrogens is 186 g/mol. The van der Waals surface area contributed by atoms with E-state index >= 15 is 0 Å². The van der Waals surface area contributed by atoms with E-state index in [-0.39, 0.29) is 5.96 Å². The molecule has 4 N–H and O–H groups in total. The molecule has 1 atom stereocenters. The number of guanidine groups is 1. The van der Waals surface area contributed by atoms with E-state index in [1.54, 1.807) is 0 Å². The third-order valence-corrected chi connectivity index (χ3v) is 2.50. The number of nitrogens with zero attached hydrogens (tertiary/aromatic N) is 1. The van der Waals surface area contributed by atoms with Gasteiger partial charge in [0.2, 0.25) is 0 Å². The maximum absolute atomic E-state index is 5.35. The van der Waals surface area contributed by atoms with Gasteiger partial charge in [-0.1, -0.05) is 44.2 Å². The van der Waals surface area contributed by atoms with Crippen molar-refractivity contribution in [3.05, 3.63) is 35.9 Å². The molecule has 0 aliphatic heterocycles. The normalized spacial score (nSPS) is 12.5. The Kier molecular flexibility index (Phi) is 4.16. The Hall–Kier alpha value is -1.51. The van der Waals surface area contributed by atoms with E-state index in [0.717, 1.165) is 0 Å². The van der Waals surface area contributed by atoms with Crippen LogP contribution in [0.4, 0.5) is 0 Å². The van der Waals surface area contributed by atoms with Gasteiger partial charge in [-0.2, -0.15) is 0 Å². The lowest BCUT2D eigenvalue weighted by molar-refractivity contribution is 0.507. The second kappa shape index (κ2) is 5.39. The van der Waals surface area contributed by atoms with Gasteiger partial charge in [0.15, 0.2) is 5.96 Å². The highest BCUT2D eigenvalue weighted by molar-refractivity contribution is 5.75. The van der Waals surface area contributed by atoms with Gasteiger partial charge >= 0.3 is 0 Å². The second-order valence-corrected chi connectivity index (χ2v) is 4.03. The molecule has 0 saturated heterocycles. The van der Waals surface area contributed by atoms with E-state index in [1.165, 1.54) is 5.56 Å². The number of benzene rings is 1. The second-order valence-electron chi connectivity index (χ2n) is 4.03. The molecule has 1 aromatic rings. The fourth-order valence-corrected chi connectivity index (χ4v) is 1.61. The molecule has 0 aliphatic rings. The molecular formula is C12H19N3. The van der Waals surface area contributed by atoms with Crippen LogP contribution in [0.25, 0.3) is 0 Å². The summed E-state index contributed by atoms with van der Waals surface area (Å²) in [7, 11) is 0. The van der Waals surface area contributed by atoms with Crippen molar-refractivity contribution in [2.24, 2.45) is 22.4 Å². The predicted molar refractivity (Wildman–Crippen MR) is 64.7 cm³/mol. The lowest BCUT2D eigenvalue weighted by Gasteiger charge is -2.19. The van der Waals surface area contributed by atoms with Gasteiger partial charge in [-0.25, -0.2) is 0 Å². The first-order valence-electron chi connectivity index (χ1n) is 5.21. The van der Waals surface area contributed by atoms with Gasteiger partial charge in [-0.15, -0.1) is 0 Å². The molecule has 82 valence electrons. The minimum absolute atomic E-state index is 0.164. The van der Waals surface area contributed by atoms with Gasteiger partial charge < -0.3 is 11.5 Å². The Morgan fingerprint density at radius 2 is 1.80 bits per heavy atom. The molecule has 0 aromatic heterocycles. The summed E-state index contributed by atoms with van der Waals surface area (Å²) in [6, 6.07) is 10.3. The molecule has 15 heavy (non-hydrogen) atoms. The first kappa shape index (κ1) is 11.6. The van der Waals surface area contributed by atoms with Crippen molar-refractivity contribution >= 4 is 5.96 Å². The topological polar surface area (TPSA) is 64.4 Å². The predicted octanol–water partition coefficient (Wildman–Crippen LogP) is 1.70. The smallest absolute Gasteiger partial charge is 0.185 e. The molecule has 0 unspecified atom stereocenters.